The lowest BCUT2D eigenvalue weighted by Gasteiger charge is -2.27. The maximum Gasteiger partial charge on any atom is 0.310 e. The average Bonchev–Trinajstić information content (AvgIpc) is 2.65. The molecule has 17 heavy (non-hydrogen) atoms. The van der Waals surface area contributed by atoms with E-state index in [0.29, 0.717) is 11.7 Å². The highest BCUT2D eigenvalue weighted by Gasteiger charge is 2.38. The second-order valence-corrected chi connectivity index (χ2v) is 5.26. The standard InChI is InChI=1S/C12H20N2O3/c1-7(2)10-13-9(17-14-10)6-12(5,8(3)4)11(15)16/h7-8H,6H2,1-5H3,(H,15,16). The topological polar surface area (TPSA) is 76.2 Å². The zero-order valence-electron chi connectivity index (χ0n) is 11.0. The SMILES string of the molecule is CC(C)c1noc(CC(C)(C(=O)O)C(C)C)n1. The summed E-state index contributed by atoms with van der Waals surface area (Å²) in [7, 11) is 0. The third kappa shape index (κ3) is 2.84. The number of hydrogen-bond acceptors (Lipinski definition) is 4. The Morgan fingerprint density at radius 1 is 1.41 bits per heavy atom. The molecular formula is C12H20N2O3. The van der Waals surface area contributed by atoms with Crippen LogP contribution in [0.1, 0.15) is 52.3 Å². The maximum absolute atomic E-state index is 11.3. The van der Waals surface area contributed by atoms with Gasteiger partial charge in [0.2, 0.25) is 5.89 Å². The molecule has 1 rings (SSSR count). The Bertz CT molecular complexity index is 398. The summed E-state index contributed by atoms with van der Waals surface area (Å²) in [5, 5.41) is 13.1. The zero-order chi connectivity index (χ0) is 13.2. The van der Waals surface area contributed by atoms with E-state index < -0.39 is 11.4 Å². The van der Waals surface area contributed by atoms with Gasteiger partial charge in [-0.3, -0.25) is 4.79 Å². The summed E-state index contributed by atoms with van der Waals surface area (Å²) >= 11 is 0. The fourth-order valence-corrected chi connectivity index (χ4v) is 1.42. The summed E-state index contributed by atoms with van der Waals surface area (Å²) in [6.07, 6.45) is 0.264. The van der Waals surface area contributed by atoms with Crippen LogP contribution in [0.4, 0.5) is 0 Å². The lowest BCUT2D eigenvalue weighted by atomic mass is 9.76. The van der Waals surface area contributed by atoms with Crippen molar-refractivity contribution in [2.45, 2.75) is 47.0 Å². The fraction of sp³-hybridized carbons (Fsp3) is 0.750. The van der Waals surface area contributed by atoms with E-state index in [0.717, 1.165) is 0 Å². The first-order valence-corrected chi connectivity index (χ1v) is 5.83. The zero-order valence-corrected chi connectivity index (χ0v) is 11.0. The number of aliphatic carboxylic acids is 1. The molecule has 0 aromatic carbocycles. The van der Waals surface area contributed by atoms with E-state index in [1.807, 2.05) is 27.7 Å². The summed E-state index contributed by atoms with van der Waals surface area (Å²) < 4.78 is 5.10. The first kappa shape index (κ1) is 13.7. The lowest BCUT2D eigenvalue weighted by molar-refractivity contribution is -0.150. The molecule has 0 fully saturated rings. The van der Waals surface area contributed by atoms with Gasteiger partial charge in [0.05, 0.1) is 5.41 Å². The summed E-state index contributed by atoms with van der Waals surface area (Å²) in [5.41, 5.74) is -0.874. The van der Waals surface area contributed by atoms with Gasteiger partial charge < -0.3 is 9.63 Å². The number of carbonyl (C=O) groups is 1. The number of hydrogen-bond donors (Lipinski definition) is 1. The van der Waals surface area contributed by atoms with Crippen molar-refractivity contribution in [1.29, 1.82) is 0 Å². The molecule has 1 unspecified atom stereocenters. The Morgan fingerprint density at radius 3 is 2.35 bits per heavy atom. The van der Waals surface area contributed by atoms with E-state index >= 15 is 0 Å². The predicted octanol–water partition coefficient (Wildman–Crippen LogP) is 2.48. The van der Waals surface area contributed by atoms with Gasteiger partial charge >= 0.3 is 5.97 Å². The van der Waals surface area contributed by atoms with Crippen molar-refractivity contribution >= 4 is 5.97 Å². The quantitative estimate of drug-likeness (QED) is 0.855. The maximum atomic E-state index is 11.3. The van der Waals surface area contributed by atoms with E-state index in [1.54, 1.807) is 6.92 Å². The minimum absolute atomic E-state index is 0.00519. The Kier molecular flexibility index (Phi) is 3.91. The van der Waals surface area contributed by atoms with E-state index in [-0.39, 0.29) is 18.3 Å². The second kappa shape index (κ2) is 4.85. The van der Waals surface area contributed by atoms with Crippen LogP contribution in [0.5, 0.6) is 0 Å². The Labute approximate surface area is 101 Å². The van der Waals surface area contributed by atoms with E-state index in [9.17, 15) is 9.90 Å². The molecular weight excluding hydrogens is 220 g/mol. The molecule has 96 valence electrons. The van der Waals surface area contributed by atoms with Crippen LogP contribution < -0.4 is 0 Å². The largest absolute Gasteiger partial charge is 0.481 e. The van der Waals surface area contributed by atoms with Crippen LogP contribution in [0.25, 0.3) is 0 Å². The van der Waals surface area contributed by atoms with Crippen molar-refractivity contribution in [2.24, 2.45) is 11.3 Å². The van der Waals surface area contributed by atoms with Crippen molar-refractivity contribution < 1.29 is 14.4 Å². The van der Waals surface area contributed by atoms with E-state index in [2.05, 4.69) is 10.1 Å². The molecule has 0 aliphatic carbocycles. The van der Waals surface area contributed by atoms with Crippen molar-refractivity contribution in [3.63, 3.8) is 0 Å². The molecule has 5 nitrogen and oxygen atoms in total. The van der Waals surface area contributed by atoms with Crippen molar-refractivity contribution in [1.82, 2.24) is 10.1 Å². The van der Waals surface area contributed by atoms with Gasteiger partial charge in [0.1, 0.15) is 0 Å². The van der Waals surface area contributed by atoms with Crippen LogP contribution in [-0.2, 0) is 11.2 Å². The summed E-state index contributed by atoms with van der Waals surface area (Å²) in [6.45, 7) is 9.40. The van der Waals surface area contributed by atoms with Crippen LogP contribution in [0.15, 0.2) is 4.52 Å². The molecule has 0 radical (unpaired) electrons. The molecule has 0 spiro atoms. The van der Waals surface area contributed by atoms with Crippen molar-refractivity contribution in [3.05, 3.63) is 11.7 Å². The third-order valence-electron chi connectivity index (χ3n) is 3.28. The number of rotatable bonds is 5. The highest BCUT2D eigenvalue weighted by atomic mass is 16.5. The molecule has 1 heterocycles. The Balaban J connectivity index is 2.91. The second-order valence-electron chi connectivity index (χ2n) is 5.26. The summed E-state index contributed by atoms with van der Waals surface area (Å²) in [5.74, 6) is 0.359. The molecule has 0 saturated heterocycles. The van der Waals surface area contributed by atoms with Gasteiger partial charge in [-0.15, -0.1) is 0 Å². The van der Waals surface area contributed by atoms with E-state index in [4.69, 9.17) is 4.52 Å². The van der Waals surface area contributed by atoms with E-state index in [1.165, 1.54) is 0 Å². The Morgan fingerprint density at radius 2 is 2.00 bits per heavy atom. The van der Waals surface area contributed by atoms with Crippen molar-refractivity contribution in [2.75, 3.05) is 0 Å². The normalized spacial score (nSPS) is 15.2. The Hall–Kier alpha value is -1.39. The van der Waals surface area contributed by atoms with Crippen molar-refractivity contribution in [3.8, 4) is 0 Å². The summed E-state index contributed by atoms with van der Waals surface area (Å²) in [6, 6.07) is 0. The lowest BCUT2D eigenvalue weighted by Crippen LogP contribution is -2.35. The molecule has 0 bridgehead atoms. The number of nitrogens with zero attached hydrogens (tertiary/aromatic N) is 2. The van der Waals surface area contributed by atoms with Gasteiger partial charge in [-0.2, -0.15) is 4.98 Å². The third-order valence-corrected chi connectivity index (χ3v) is 3.28. The molecule has 1 atom stereocenters. The average molecular weight is 240 g/mol. The first-order chi connectivity index (χ1) is 7.77. The summed E-state index contributed by atoms with van der Waals surface area (Å²) in [4.78, 5) is 15.5. The first-order valence-electron chi connectivity index (χ1n) is 5.83. The van der Waals surface area contributed by atoms with Crippen LogP contribution in [-0.4, -0.2) is 21.2 Å². The van der Waals surface area contributed by atoms with Crippen LogP contribution in [0.3, 0.4) is 0 Å². The monoisotopic (exact) mass is 240 g/mol. The van der Waals surface area contributed by atoms with Crippen LogP contribution in [0, 0.1) is 11.3 Å². The van der Waals surface area contributed by atoms with Gasteiger partial charge in [-0.1, -0.05) is 32.9 Å². The molecule has 0 amide bonds. The van der Waals surface area contributed by atoms with Gasteiger partial charge in [-0.25, -0.2) is 0 Å². The molecule has 0 aliphatic rings. The molecule has 0 aliphatic heterocycles. The van der Waals surface area contributed by atoms with Gasteiger partial charge in [0.25, 0.3) is 0 Å². The smallest absolute Gasteiger partial charge is 0.310 e. The number of carboxylic acids is 1. The highest BCUT2D eigenvalue weighted by molar-refractivity contribution is 5.74. The number of carboxylic acid groups (broad SMARTS) is 1. The minimum Gasteiger partial charge on any atom is -0.481 e. The minimum atomic E-state index is -0.874. The molecule has 1 aromatic heterocycles. The number of aromatic nitrogens is 2. The molecule has 5 heteroatoms. The van der Waals surface area contributed by atoms with Gasteiger partial charge in [-0.05, 0) is 12.8 Å². The predicted molar refractivity (Wildman–Crippen MR) is 62.7 cm³/mol. The fourth-order valence-electron chi connectivity index (χ4n) is 1.42. The highest BCUT2D eigenvalue weighted by Crippen LogP contribution is 2.31. The molecule has 0 saturated carbocycles. The van der Waals surface area contributed by atoms with Gasteiger partial charge in [0, 0.05) is 12.3 Å². The van der Waals surface area contributed by atoms with Crippen LogP contribution >= 0.6 is 0 Å². The van der Waals surface area contributed by atoms with Gasteiger partial charge in [0.15, 0.2) is 5.82 Å². The van der Waals surface area contributed by atoms with Crippen LogP contribution in [0.2, 0.25) is 0 Å². The molecule has 1 N–H and O–H groups in total. The molecule has 1 aromatic rings.